The number of nitriles is 1. The van der Waals surface area contributed by atoms with Crippen LogP contribution in [0.1, 0.15) is 15.9 Å². The highest BCUT2D eigenvalue weighted by molar-refractivity contribution is 6.39. The number of hydrogen-bond donors (Lipinski definition) is 1. The zero-order valence-electron chi connectivity index (χ0n) is 15.0. The summed E-state index contributed by atoms with van der Waals surface area (Å²) in [6, 6.07) is 20.6. The van der Waals surface area contributed by atoms with Crippen molar-refractivity contribution < 1.29 is 14.3 Å². The zero-order chi connectivity index (χ0) is 20.8. The van der Waals surface area contributed by atoms with Crippen LogP contribution in [0.2, 0.25) is 10.0 Å². The van der Waals surface area contributed by atoms with Crippen molar-refractivity contribution in [3.63, 3.8) is 0 Å². The van der Waals surface area contributed by atoms with Gasteiger partial charge in [0.05, 0.1) is 32.9 Å². The molecule has 144 valence electrons. The van der Waals surface area contributed by atoms with E-state index >= 15 is 0 Å². The smallest absolute Gasteiger partial charge is 0.339 e. The van der Waals surface area contributed by atoms with Crippen LogP contribution in [0.3, 0.4) is 0 Å². The normalized spacial score (nSPS) is 10.1. The van der Waals surface area contributed by atoms with E-state index in [-0.39, 0.29) is 21.3 Å². The molecule has 0 aliphatic heterocycles. The molecule has 5 nitrogen and oxygen atoms in total. The summed E-state index contributed by atoms with van der Waals surface area (Å²) in [5.74, 6) is -1.27. The minimum absolute atomic E-state index is 0.249. The molecule has 3 aromatic carbocycles. The summed E-state index contributed by atoms with van der Waals surface area (Å²) >= 11 is 12.0. The van der Waals surface area contributed by atoms with Gasteiger partial charge in [-0.1, -0.05) is 65.7 Å². The number of carbonyl (C=O) groups excluding carboxylic acids is 2. The van der Waals surface area contributed by atoms with Gasteiger partial charge in [-0.05, 0) is 29.8 Å². The number of nitrogens with one attached hydrogen (secondary N) is 1. The monoisotopic (exact) mass is 424 g/mol. The van der Waals surface area contributed by atoms with Gasteiger partial charge in [0, 0.05) is 5.56 Å². The molecule has 0 atom stereocenters. The fourth-order valence-electron chi connectivity index (χ4n) is 2.71. The third-order valence-electron chi connectivity index (χ3n) is 4.05. The van der Waals surface area contributed by atoms with E-state index < -0.39 is 18.5 Å². The Morgan fingerprint density at radius 1 is 0.897 bits per heavy atom. The summed E-state index contributed by atoms with van der Waals surface area (Å²) in [6.07, 6.45) is 0. The number of halogens is 2. The molecule has 29 heavy (non-hydrogen) atoms. The lowest BCUT2D eigenvalue weighted by molar-refractivity contribution is -0.119. The Morgan fingerprint density at radius 3 is 2.21 bits per heavy atom. The van der Waals surface area contributed by atoms with E-state index in [1.54, 1.807) is 66.7 Å². The van der Waals surface area contributed by atoms with Crippen molar-refractivity contribution in [2.24, 2.45) is 0 Å². The minimum atomic E-state index is -0.686. The van der Waals surface area contributed by atoms with Gasteiger partial charge in [-0.25, -0.2) is 4.79 Å². The van der Waals surface area contributed by atoms with Crippen LogP contribution < -0.4 is 5.32 Å². The van der Waals surface area contributed by atoms with Crippen molar-refractivity contribution in [2.75, 3.05) is 11.9 Å². The maximum absolute atomic E-state index is 12.6. The predicted molar refractivity (Wildman–Crippen MR) is 112 cm³/mol. The van der Waals surface area contributed by atoms with E-state index in [1.165, 1.54) is 0 Å². The largest absolute Gasteiger partial charge is 0.452 e. The third kappa shape index (κ3) is 4.75. The molecule has 3 rings (SSSR count). The number of amides is 1. The lowest BCUT2D eigenvalue weighted by Gasteiger charge is -2.12. The standard InChI is InChI=1S/C22H14Cl2N2O3/c23-18-10-5-11-19(24)21(18)26-20(27)13-29-22(28)17-9-4-3-8-16(17)15-7-2-1-6-14(15)12-25/h1-11H,13H2,(H,26,27). The lowest BCUT2D eigenvalue weighted by atomic mass is 9.96. The molecule has 1 amide bonds. The maximum Gasteiger partial charge on any atom is 0.339 e. The van der Waals surface area contributed by atoms with E-state index in [1.807, 2.05) is 0 Å². The van der Waals surface area contributed by atoms with Gasteiger partial charge in [0.2, 0.25) is 0 Å². The number of anilines is 1. The number of rotatable bonds is 5. The second kappa shape index (κ2) is 9.24. The van der Waals surface area contributed by atoms with Crippen molar-refractivity contribution in [3.05, 3.63) is 87.9 Å². The molecule has 0 aromatic heterocycles. The Kier molecular flexibility index (Phi) is 6.50. The number of para-hydroxylation sites is 1. The highest BCUT2D eigenvalue weighted by atomic mass is 35.5. The summed E-state index contributed by atoms with van der Waals surface area (Å²) in [5.41, 5.74) is 2.08. The quantitative estimate of drug-likeness (QED) is 0.561. The van der Waals surface area contributed by atoms with Crippen LogP contribution in [-0.4, -0.2) is 18.5 Å². The van der Waals surface area contributed by atoms with E-state index in [2.05, 4.69) is 11.4 Å². The number of esters is 1. The topological polar surface area (TPSA) is 79.2 Å². The van der Waals surface area contributed by atoms with Crippen LogP contribution in [0.4, 0.5) is 5.69 Å². The molecule has 0 aliphatic rings. The van der Waals surface area contributed by atoms with Gasteiger partial charge < -0.3 is 10.1 Å². The molecule has 0 spiro atoms. The Bertz CT molecular complexity index is 1100. The average molecular weight is 425 g/mol. The summed E-state index contributed by atoms with van der Waals surface area (Å²) in [5, 5.41) is 12.4. The molecule has 1 N–H and O–H groups in total. The number of ether oxygens (including phenoxy) is 1. The Balaban J connectivity index is 1.75. The van der Waals surface area contributed by atoms with Crippen LogP contribution in [0, 0.1) is 11.3 Å². The van der Waals surface area contributed by atoms with Gasteiger partial charge in [0.15, 0.2) is 6.61 Å². The van der Waals surface area contributed by atoms with E-state index in [9.17, 15) is 14.9 Å². The molecule has 0 heterocycles. The molecule has 0 unspecified atom stereocenters. The second-order valence-corrected chi connectivity index (χ2v) is 6.74. The van der Waals surface area contributed by atoms with Crippen LogP contribution in [0.15, 0.2) is 66.7 Å². The van der Waals surface area contributed by atoms with E-state index in [0.717, 1.165) is 0 Å². The predicted octanol–water partition coefficient (Wildman–Crippen LogP) is 5.33. The van der Waals surface area contributed by atoms with Crippen molar-refractivity contribution in [2.45, 2.75) is 0 Å². The minimum Gasteiger partial charge on any atom is -0.452 e. The van der Waals surface area contributed by atoms with Gasteiger partial charge in [-0.3, -0.25) is 4.79 Å². The maximum atomic E-state index is 12.6. The van der Waals surface area contributed by atoms with Gasteiger partial charge >= 0.3 is 5.97 Å². The van der Waals surface area contributed by atoms with Gasteiger partial charge in [0.1, 0.15) is 0 Å². The number of carbonyl (C=O) groups is 2. The van der Waals surface area contributed by atoms with Crippen LogP contribution >= 0.6 is 23.2 Å². The molecule has 0 bridgehead atoms. The van der Waals surface area contributed by atoms with Crippen molar-refractivity contribution in [1.82, 2.24) is 0 Å². The second-order valence-electron chi connectivity index (χ2n) is 5.92. The Labute approximate surface area is 177 Å². The molecule has 7 heteroatoms. The van der Waals surface area contributed by atoms with Gasteiger partial charge in [0.25, 0.3) is 5.91 Å². The summed E-state index contributed by atoms with van der Waals surface area (Å²) in [7, 11) is 0. The fourth-order valence-corrected chi connectivity index (χ4v) is 3.20. The molecule has 0 saturated carbocycles. The molecule has 0 aliphatic carbocycles. The summed E-state index contributed by atoms with van der Waals surface area (Å²) in [4.78, 5) is 24.8. The summed E-state index contributed by atoms with van der Waals surface area (Å²) in [6.45, 7) is -0.519. The first-order valence-corrected chi connectivity index (χ1v) is 9.26. The first kappa shape index (κ1) is 20.4. The Hall–Kier alpha value is -3.33. The van der Waals surface area contributed by atoms with Gasteiger partial charge in [-0.15, -0.1) is 0 Å². The molecule has 3 aromatic rings. The molecule has 0 fully saturated rings. The van der Waals surface area contributed by atoms with E-state index in [0.29, 0.717) is 16.7 Å². The van der Waals surface area contributed by atoms with Crippen LogP contribution in [-0.2, 0) is 9.53 Å². The molecule has 0 saturated heterocycles. The lowest BCUT2D eigenvalue weighted by Crippen LogP contribution is -2.21. The zero-order valence-corrected chi connectivity index (χ0v) is 16.5. The summed E-state index contributed by atoms with van der Waals surface area (Å²) < 4.78 is 5.16. The third-order valence-corrected chi connectivity index (χ3v) is 4.68. The van der Waals surface area contributed by atoms with Crippen LogP contribution in [0.25, 0.3) is 11.1 Å². The first-order valence-electron chi connectivity index (χ1n) is 8.50. The first-order chi connectivity index (χ1) is 14.0. The Morgan fingerprint density at radius 2 is 1.52 bits per heavy atom. The van der Waals surface area contributed by atoms with Crippen LogP contribution in [0.5, 0.6) is 0 Å². The highest BCUT2D eigenvalue weighted by Crippen LogP contribution is 2.30. The van der Waals surface area contributed by atoms with Gasteiger partial charge in [-0.2, -0.15) is 5.26 Å². The van der Waals surface area contributed by atoms with Crippen molar-refractivity contribution in [3.8, 4) is 17.2 Å². The van der Waals surface area contributed by atoms with E-state index in [4.69, 9.17) is 27.9 Å². The molecular formula is C22H14Cl2N2O3. The fraction of sp³-hybridized carbons (Fsp3) is 0.0455. The number of nitrogens with zero attached hydrogens (tertiary/aromatic N) is 1. The van der Waals surface area contributed by atoms with Crippen molar-refractivity contribution in [1.29, 1.82) is 5.26 Å². The molecule has 0 radical (unpaired) electrons. The highest BCUT2D eigenvalue weighted by Gasteiger charge is 2.18. The average Bonchev–Trinajstić information content (AvgIpc) is 2.74. The number of benzene rings is 3. The van der Waals surface area contributed by atoms with Crippen molar-refractivity contribution >= 4 is 40.8 Å². The molecular weight excluding hydrogens is 411 g/mol. The SMILES string of the molecule is N#Cc1ccccc1-c1ccccc1C(=O)OCC(=O)Nc1c(Cl)cccc1Cl. The number of hydrogen-bond acceptors (Lipinski definition) is 4.